The number of rotatable bonds is 3. The van der Waals surface area contributed by atoms with E-state index in [4.69, 9.17) is 0 Å². The van der Waals surface area contributed by atoms with Crippen LogP contribution in [0.4, 0.5) is 0 Å². The van der Waals surface area contributed by atoms with Gasteiger partial charge >= 0.3 is 0 Å². The summed E-state index contributed by atoms with van der Waals surface area (Å²) in [6.07, 6.45) is 8.11. The van der Waals surface area contributed by atoms with Crippen molar-refractivity contribution in [1.82, 2.24) is 14.8 Å². The van der Waals surface area contributed by atoms with E-state index in [1.54, 1.807) is 11.0 Å². The predicted molar refractivity (Wildman–Crippen MR) is 54.0 cm³/mol. The fraction of sp³-hybridized carbons (Fsp3) is 0.727. The Morgan fingerprint density at radius 2 is 2.33 bits per heavy atom. The average Bonchev–Trinajstić information content (AvgIpc) is 2.93. The Labute approximate surface area is 88.7 Å². The van der Waals surface area contributed by atoms with Crippen molar-refractivity contribution in [2.24, 2.45) is 17.8 Å². The van der Waals surface area contributed by atoms with Crippen LogP contribution in [-0.4, -0.2) is 20.5 Å². The van der Waals surface area contributed by atoms with Crippen molar-refractivity contribution in [2.75, 3.05) is 0 Å². The summed E-state index contributed by atoms with van der Waals surface area (Å²) in [6, 6.07) is 0. The molecule has 0 spiro atoms. The molecule has 15 heavy (non-hydrogen) atoms. The van der Waals surface area contributed by atoms with Gasteiger partial charge in [-0.25, -0.2) is 9.67 Å². The summed E-state index contributed by atoms with van der Waals surface area (Å²) < 4.78 is 1.63. The molecule has 2 bridgehead atoms. The van der Waals surface area contributed by atoms with E-state index in [-0.39, 0.29) is 0 Å². The van der Waals surface area contributed by atoms with E-state index in [1.807, 2.05) is 0 Å². The Morgan fingerprint density at radius 3 is 2.93 bits per heavy atom. The fourth-order valence-electron chi connectivity index (χ4n) is 3.23. The number of carbonyl (C=O) groups excluding carboxylic acids is 1. The zero-order chi connectivity index (χ0) is 10.3. The molecule has 0 radical (unpaired) electrons. The lowest BCUT2D eigenvalue weighted by atomic mass is 9.85. The maximum absolute atomic E-state index is 12.0. The number of aromatic nitrogens is 3. The van der Waals surface area contributed by atoms with Crippen LogP contribution in [0.15, 0.2) is 12.7 Å². The molecule has 0 amide bonds. The molecule has 2 saturated carbocycles. The standard InChI is InChI=1S/C11H15N3O/c15-11(5-14-7-12-6-13-14)10-4-8-1-2-9(10)3-8/h6-10H,1-5H2. The van der Waals surface area contributed by atoms with Crippen molar-refractivity contribution in [2.45, 2.75) is 32.2 Å². The molecule has 2 fully saturated rings. The summed E-state index contributed by atoms with van der Waals surface area (Å²) in [7, 11) is 0. The Hall–Kier alpha value is -1.19. The second-order valence-electron chi connectivity index (χ2n) is 4.84. The van der Waals surface area contributed by atoms with Crippen molar-refractivity contribution in [3.8, 4) is 0 Å². The highest BCUT2D eigenvalue weighted by Crippen LogP contribution is 2.48. The van der Waals surface area contributed by atoms with Gasteiger partial charge in [-0.3, -0.25) is 4.79 Å². The highest BCUT2D eigenvalue weighted by Gasteiger charge is 2.42. The van der Waals surface area contributed by atoms with E-state index in [1.165, 1.54) is 25.6 Å². The van der Waals surface area contributed by atoms with Gasteiger partial charge in [-0.05, 0) is 31.1 Å². The zero-order valence-electron chi connectivity index (χ0n) is 8.67. The van der Waals surface area contributed by atoms with Gasteiger partial charge in [0.05, 0.1) is 0 Å². The first-order chi connectivity index (χ1) is 7.33. The molecule has 1 aromatic heterocycles. The van der Waals surface area contributed by atoms with Crippen LogP contribution < -0.4 is 0 Å². The Balaban J connectivity index is 1.66. The summed E-state index contributed by atoms with van der Waals surface area (Å²) in [5.41, 5.74) is 0. The first-order valence-electron chi connectivity index (χ1n) is 5.68. The Kier molecular flexibility index (Phi) is 2.08. The van der Waals surface area contributed by atoms with Crippen molar-refractivity contribution in [3.63, 3.8) is 0 Å². The Morgan fingerprint density at radius 1 is 1.40 bits per heavy atom. The Bertz CT molecular complexity index is 360. The summed E-state index contributed by atoms with van der Waals surface area (Å²) in [5, 5.41) is 3.97. The zero-order valence-corrected chi connectivity index (χ0v) is 8.67. The van der Waals surface area contributed by atoms with Crippen LogP contribution in [-0.2, 0) is 11.3 Å². The number of fused-ring (bicyclic) bond motifs is 2. The number of hydrogen-bond donors (Lipinski definition) is 0. The van der Waals surface area contributed by atoms with Crippen LogP contribution in [0.5, 0.6) is 0 Å². The highest BCUT2D eigenvalue weighted by molar-refractivity contribution is 5.81. The molecule has 2 aliphatic carbocycles. The van der Waals surface area contributed by atoms with Gasteiger partial charge in [0.1, 0.15) is 19.2 Å². The van der Waals surface area contributed by atoms with E-state index >= 15 is 0 Å². The lowest BCUT2D eigenvalue weighted by molar-refractivity contribution is -0.125. The lowest BCUT2D eigenvalue weighted by Crippen LogP contribution is -2.25. The summed E-state index contributed by atoms with van der Waals surface area (Å²) in [5.74, 6) is 2.17. The van der Waals surface area contributed by atoms with Gasteiger partial charge in [0.15, 0.2) is 5.78 Å². The molecule has 1 aromatic rings. The van der Waals surface area contributed by atoms with E-state index in [0.29, 0.717) is 24.2 Å². The van der Waals surface area contributed by atoms with Gasteiger partial charge in [-0.15, -0.1) is 0 Å². The van der Waals surface area contributed by atoms with Gasteiger partial charge in [-0.1, -0.05) is 6.42 Å². The van der Waals surface area contributed by atoms with Gasteiger partial charge in [0.25, 0.3) is 0 Å². The maximum Gasteiger partial charge on any atom is 0.157 e. The van der Waals surface area contributed by atoms with Crippen LogP contribution in [0, 0.1) is 17.8 Å². The average molecular weight is 205 g/mol. The number of nitrogens with zero attached hydrogens (tertiary/aromatic N) is 3. The van der Waals surface area contributed by atoms with E-state index in [9.17, 15) is 4.79 Å². The molecule has 4 heteroatoms. The number of hydrogen-bond acceptors (Lipinski definition) is 3. The van der Waals surface area contributed by atoms with Crippen molar-refractivity contribution in [1.29, 1.82) is 0 Å². The molecule has 80 valence electrons. The molecule has 1 heterocycles. The third kappa shape index (κ3) is 1.58. The van der Waals surface area contributed by atoms with Gasteiger partial charge in [0, 0.05) is 5.92 Å². The first-order valence-corrected chi connectivity index (χ1v) is 5.68. The quantitative estimate of drug-likeness (QED) is 0.747. The third-order valence-corrected chi connectivity index (χ3v) is 3.94. The summed E-state index contributed by atoms with van der Waals surface area (Å²) in [4.78, 5) is 15.9. The predicted octanol–water partition coefficient (Wildman–Crippen LogP) is 1.28. The van der Waals surface area contributed by atoms with Gasteiger partial charge in [-0.2, -0.15) is 5.10 Å². The normalized spacial score (nSPS) is 33.5. The SMILES string of the molecule is O=C(Cn1cncn1)C1CC2CCC1C2. The third-order valence-electron chi connectivity index (χ3n) is 3.94. The smallest absolute Gasteiger partial charge is 0.157 e. The summed E-state index contributed by atoms with van der Waals surface area (Å²) in [6.45, 7) is 0.411. The fourth-order valence-corrected chi connectivity index (χ4v) is 3.23. The second kappa shape index (κ2) is 3.43. The molecule has 3 unspecified atom stereocenters. The first kappa shape index (κ1) is 9.07. The molecule has 4 nitrogen and oxygen atoms in total. The van der Waals surface area contributed by atoms with Crippen molar-refractivity contribution in [3.05, 3.63) is 12.7 Å². The second-order valence-corrected chi connectivity index (χ2v) is 4.84. The van der Waals surface area contributed by atoms with Crippen LogP contribution in [0.2, 0.25) is 0 Å². The minimum Gasteiger partial charge on any atom is -0.297 e. The van der Waals surface area contributed by atoms with Crippen molar-refractivity contribution >= 4 is 5.78 Å². The van der Waals surface area contributed by atoms with Crippen LogP contribution in [0.3, 0.4) is 0 Å². The molecular weight excluding hydrogens is 190 g/mol. The van der Waals surface area contributed by atoms with E-state index in [2.05, 4.69) is 10.1 Å². The van der Waals surface area contributed by atoms with Crippen LogP contribution in [0.1, 0.15) is 25.7 Å². The molecule has 3 rings (SSSR count). The minimum absolute atomic E-state index is 0.313. The maximum atomic E-state index is 12.0. The summed E-state index contributed by atoms with van der Waals surface area (Å²) >= 11 is 0. The molecule has 3 atom stereocenters. The monoisotopic (exact) mass is 205 g/mol. The topological polar surface area (TPSA) is 47.8 Å². The molecule has 0 aliphatic heterocycles. The molecule has 0 aromatic carbocycles. The highest BCUT2D eigenvalue weighted by atomic mass is 16.1. The molecule has 2 aliphatic rings. The molecule has 0 saturated heterocycles. The molecule has 0 N–H and O–H groups in total. The lowest BCUT2D eigenvalue weighted by Gasteiger charge is -2.19. The number of carbonyl (C=O) groups is 1. The number of ketones is 1. The molecular formula is C11H15N3O. The van der Waals surface area contributed by atoms with Gasteiger partial charge in [0.2, 0.25) is 0 Å². The van der Waals surface area contributed by atoms with Gasteiger partial charge < -0.3 is 0 Å². The van der Waals surface area contributed by atoms with E-state index < -0.39 is 0 Å². The minimum atomic E-state index is 0.313. The van der Waals surface area contributed by atoms with E-state index in [0.717, 1.165) is 12.3 Å². The number of Topliss-reactive ketones (excluding diaryl/α,β-unsaturated/α-hetero) is 1. The van der Waals surface area contributed by atoms with Crippen molar-refractivity contribution < 1.29 is 4.79 Å². The van der Waals surface area contributed by atoms with Crippen LogP contribution in [0.25, 0.3) is 0 Å². The largest absolute Gasteiger partial charge is 0.297 e. The van der Waals surface area contributed by atoms with Crippen LogP contribution >= 0.6 is 0 Å².